The summed E-state index contributed by atoms with van der Waals surface area (Å²) in [5.74, 6) is 0.355. The van der Waals surface area contributed by atoms with Gasteiger partial charge in [-0.15, -0.1) is 0 Å². The third-order valence-electron chi connectivity index (χ3n) is 5.41. The summed E-state index contributed by atoms with van der Waals surface area (Å²) in [4.78, 5) is 6.68. The number of pyridine rings is 1. The highest BCUT2D eigenvalue weighted by Crippen LogP contribution is 2.30. The normalized spacial score (nSPS) is 18.1. The molecule has 1 atom stereocenters. The predicted molar refractivity (Wildman–Crippen MR) is 112 cm³/mol. The van der Waals surface area contributed by atoms with Gasteiger partial charge in [0.15, 0.2) is 0 Å². The minimum atomic E-state index is -3.61. The van der Waals surface area contributed by atoms with E-state index in [2.05, 4.69) is 29.0 Å². The van der Waals surface area contributed by atoms with E-state index in [1.165, 1.54) is 6.20 Å². The van der Waals surface area contributed by atoms with Gasteiger partial charge in [0.25, 0.3) is 5.71 Å². The van der Waals surface area contributed by atoms with Crippen LogP contribution in [0.1, 0.15) is 19.8 Å². The molecule has 1 unspecified atom stereocenters. The molecule has 0 N–H and O–H groups in total. The van der Waals surface area contributed by atoms with Crippen LogP contribution >= 0.6 is 0 Å². The molecule has 4 rings (SSSR count). The molecule has 0 radical (unpaired) electrons. The smallest absolute Gasteiger partial charge is 0.258 e. The van der Waals surface area contributed by atoms with Gasteiger partial charge in [-0.1, -0.05) is 42.4 Å². The van der Waals surface area contributed by atoms with Crippen LogP contribution in [-0.2, 0) is 10.0 Å². The number of nitrogens with zero attached hydrogens (tertiary/aromatic N) is 4. The van der Waals surface area contributed by atoms with Crippen LogP contribution in [0.2, 0.25) is 0 Å². The maximum atomic E-state index is 13.2. The van der Waals surface area contributed by atoms with Gasteiger partial charge in [-0.25, -0.2) is 13.4 Å². The van der Waals surface area contributed by atoms with Gasteiger partial charge in [0.1, 0.15) is 10.6 Å². The minimum Gasteiger partial charge on any atom is -0.335 e. The highest BCUT2D eigenvalue weighted by molar-refractivity contribution is 7.89. The van der Waals surface area contributed by atoms with Crippen LogP contribution in [0.3, 0.4) is 0 Å². The molecule has 0 saturated carbocycles. The second-order valence-corrected chi connectivity index (χ2v) is 9.64. The lowest BCUT2D eigenvalue weighted by Gasteiger charge is -2.21. The van der Waals surface area contributed by atoms with E-state index in [4.69, 9.17) is 4.52 Å². The van der Waals surface area contributed by atoms with E-state index in [0.29, 0.717) is 35.8 Å². The zero-order valence-electron chi connectivity index (χ0n) is 16.8. The third-order valence-corrected chi connectivity index (χ3v) is 7.24. The van der Waals surface area contributed by atoms with E-state index in [0.717, 1.165) is 31.5 Å². The summed E-state index contributed by atoms with van der Waals surface area (Å²) in [6.45, 7) is 5.18. The molecule has 2 aromatic heterocycles. The monoisotopic (exact) mass is 414 g/mol. The summed E-state index contributed by atoms with van der Waals surface area (Å²) < 4.78 is 33.3. The Morgan fingerprint density at radius 1 is 1.28 bits per heavy atom. The molecule has 0 bridgehead atoms. The Morgan fingerprint density at radius 3 is 2.83 bits per heavy atom. The summed E-state index contributed by atoms with van der Waals surface area (Å²) >= 11 is 0. The third kappa shape index (κ3) is 4.05. The lowest BCUT2D eigenvalue weighted by Crippen LogP contribution is -2.32. The summed E-state index contributed by atoms with van der Waals surface area (Å²) in [7, 11) is -1.51. The average Bonchev–Trinajstić information content (AvgIpc) is 3.35. The van der Waals surface area contributed by atoms with Crippen LogP contribution in [0.4, 0.5) is 0 Å². The van der Waals surface area contributed by atoms with Crippen LogP contribution in [0, 0.1) is 5.92 Å². The molecule has 29 heavy (non-hydrogen) atoms. The van der Waals surface area contributed by atoms with Gasteiger partial charge < -0.3 is 9.42 Å². The fourth-order valence-corrected chi connectivity index (χ4v) is 5.49. The maximum Gasteiger partial charge on any atom is 0.258 e. The lowest BCUT2D eigenvalue weighted by atomic mass is 10.1. The maximum absolute atomic E-state index is 13.2. The number of fused-ring (bicyclic) bond motifs is 1. The Kier molecular flexibility index (Phi) is 5.67. The fourth-order valence-electron chi connectivity index (χ4n) is 3.99. The second kappa shape index (κ2) is 8.22. The van der Waals surface area contributed by atoms with E-state index >= 15 is 0 Å². The summed E-state index contributed by atoms with van der Waals surface area (Å²) in [5, 5.41) is 4.70. The molecular formula is C21H26N4O3S. The molecule has 1 aromatic carbocycles. The largest absolute Gasteiger partial charge is 0.335 e. The van der Waals surface area contributed by atoms with Gasteiger partial charge in [0.05, 0.1) is 11.6 Å². The average molecular weight is 415 g/mol. The number of hydrogen-bond donors (Lipinski definition) is 0. The molecule has 3 heterocycles. The van der Waals surface area contributed by atoms with E-state index in [9.17, 15) is 8.42 Å². The van der Waals surface area contributed by atoms with Gasteiger partial charge in [-0.3, -0.25) is 0 Å². The van der Waals surface area contributed by atoms with Crippen LogP contribution in [-0.4, -0.2) is 61.0 Å². The number of benzene rings is 1. The van der Waals surface area contributed by atoms with Crippen molar-refractivity contribution in [3.8, 4) is 11.3 Å². The highest BCUT2D eigenvalue weighted by atomic mass is 32.2. The Morgan fingerprint density at radius 2 is 2.07 bits per heavy atom. The van der Waals surface area contributed by atoms with Gasteiger partial charge in [-0.2, -0.15) is 4.31 Å². The van der Waals surface area contributed by atoms with Crippen molar-refractivity contribution in [1.82, 2.24) is 19.3 Å². The number of aromatic nitrogens is 2. The van der Waals surface area contributed by atoms with E-state index in [-0.39, 0.29) is 4.90 Å². The first-order valence-corrected chi connectivity index (χ1v) is 11.4. The molecular weight excluding hydrogens is 388 g/mol. The van der Waals surface area contributed by atoms with Crippen molar-refractivity contribution in [2.45, 2.75) is 24.7 Å². The van der Waals surface area contributed by atoms with Crippen molar-refractivity contribution in [3.05, 3.63) is 42.6 Å². The molecule has 0 aliphatic carbocycles. The molecule has 0 spiro atoms. The zero-order chi connectivity index (χ0) is 20.4. The molecule has 3 aromatic rings. The Labute approximate surface area is 171 Å². The molecule has 154 valence electrons. The van der Waals surface area contributed by atoms with Crippen LogP contribution < -0.4 is 0 Å². The molecule has 0 amide bonds. The lowest BCUT2D eigenvalue weighted by molar-refractivity contribution is 0.281. The van der Waals surface area contributed by atoms with Crippen LogP contribution in [0.15, 0.2) is 52.0 Å². The fraction of sp³-hybridized carbons (Fsp3) is 0.429. The van der Waals surface area contributed by atoms with Gasteiger partial charge >= 0.3 is 0 Å². The van der Waals surface area contributed by atoms with Crippen LogP contribution in [0.5, 0.6) is 0 Å². The summed E-state index contributed by atoms with van der Waals surface area (Å²) in [5.41, 5.74) is 1.80. The van der Waals surface area contributed by atoms with Crippen molar-refractivity contribution < 1.29 is 12.9 Å². The number of hydrogen-bond acceptors (Lipinski definition) is 6. The molecule has 1 aliphatic heterocycles. The van der Waals surface area contributed by atoms with E-state index in [1.54, 1.807) is 10.4 Å². The van der Waals surface area contributed by atoms with Crippen molar-refractivity contribution in [1.29, 1.82) is 0 Å². The van der Waals surface area contributed by atoms with Crippen molar-refractivity contribution >= 4 is 21.1 Å². The topological polar surface area (TPSA) is 79.5 Å². The van der Waals surface area contributed by atoms with Crippen LogP contribution in [0.25, 0.3) is 22.4 Å². The number of sulfonamides is 1. The quantitative estimate of drug-likeness (QED) is 0.590. The van der Waals surface area contributed by atoms with Gasteiger partial charge in [0.2, 0.25) is 10.0 Å². The summed E-state index contributed by atoms with van der Waals surface area (Å²) in [6.07, 6.45) is 3.35. The molecule has 1 aliphatic rings. The molecule has 1 saturated heterocycles. The first-order chi connectivity index (χ1) is 14.0. The zero-order valence-corrected chi connectivity index (χ0v) is 17.6. The Balaban J connectivity index is 1.59. The first-order valence-electron chi connectivity index (χ1n) is 9.98. The minimum absolute atomic E-state index is 0.188. The Hall–Kier alpha value is -2.29. The Bertz CT molecular complexity index is 1080. The van der Waals surface area contributed by atoms with Crippen molar-refractivity contribution in [3.63, 3.8) is 0 Å². The van der Waals surface area contributed by atoms with Crippen molar-refractivity contribution in [2.24, 2.45) is 5.92 Å². The van der Waals surface area contributed by atoms with E-state index in [1.807, 2.05) is 30.3 Å². The molecule has 8 heteroatoms. The van der Waals surface area contributed by atoms with Gasteiger partial charge in [-0.05, 0) is 38.4 Å². The standard InChI is InChI=1S/C21H26N4O3S/c1-3-10-24(2)14-16-9-11-25(15-16)29(26,27)18-12-19-20(17-7-5-4-6-8-17)23-28-21(19)22-13-18/h4-8,12-13,16H,3,9-11,14-15H2,1-2H3. The predicted octanol–water partition coefficient (Wildman–Crippen LogP) is 3.24. The summed E-state index contributed by atoms with van der Waals surface area (Å²) in [6, 6.07) is 11.2. The highest BCUT2D eigenvalue weighted by Gasteiger charge is 2.33. The van der Waals surface area contributed by atoms with E-state index < -0.39 is 10.0 Å². The molecule has 7 nitrogen and oxygen atoms in total. The number of rotatable bonds is 7. The SMILES string of the molecule is CCCN(C)CC1CCN(S(=O)(=O)c2cnc3onc(-c4ccccc4)c3c2)C1. The second-order valence-electron chi connectivity index (χ2n) is 7.70. The van der Waals surface area contributed by atoms with Crippen molar-refractivity contribution in [2.75, 3.05) is 33.2 Å². The molecule has 1 fully saturated rings. The first kappa shape index (κ1) is 20.0. The van der Waals surface area contributed by atoms with Gasteiger partial charge in [0, 0.05) is 25.2 Å².